The van der Waals surface area contributed by atoms with Crippen molar-refractivity contribution >= 4 is 17.0 Å². The Balaban J connectivity index is 2.16. The molecule has 0 saturated heterocycles. The summed E-state index contributed by atoms with van der Waals surface area (Å²) >= 11 is 0. The van der Waals surface area contributed by atoms with E-state index in [4.69, 9.17) is 5.41 Å². The monoisotopic (exact) mass is 344 g/mol. The molecule has 26 heavy (non-hydrogen) atoms. The van der Waals surface area contributed by atoms with Crippen molar-refractivity contribution in [1.82, 2.24) is 0 Å². The molecule has 0 spiro atoms. The Morgan fingerprint density at radius 1 is 0.923 bits per heavy atom. The van der Waals surface area contributed by atoms with Crippen LogP contribution in [0.5, 0.6) is 0 Å². The molecule has 0 aromatic heterocycles. The van der Waals surface area contributed by atoms with Crippen molar-refractivity contribution < 1.29 is 0 Å². The number of benzene rings is 2. The minimum absolute atomic E-state index is 0.606. The van der Waals surface area contributed by atoms with E-state index in [0.717, 1.165) is 23.2 Å². The lowest BCUT2D eigenvalue weighted by Crippen LogP contribution is -2.13. The van der Waals surface area contributed by atoms with Gasteiger partial charge in [-0.05, 0) is 74.1 Å². The fraction of sp³-hybridized carbons (Fsp3) is 0.292. The van der Waals surface area contributed by atoms with Crippen molar-refractivity contribution in [2.75, 3.05) is 19.0 Å². The summed E-state index contributed by atoms with van der Waals surface area (Å²) in [5.74, 6) is 0. The summed E-state index contributed by atoms with van der Waals surface area (Å²) in [6.07, 6.45) is 5.44. The van der Waals surface area contributed by atoms with Crippen molar-refractivity contribution in [2.45, 2.75) is 34.1 Å². The van der Waals surface area contributed by atoms with Gasteiger partial charge < -0.3 is 4.90 Å². The van der Waals surface area contributed by atoms with Crippen molar-refractivity contribution in [3.05, 3.63) is 81.4 Å². The maximum atomic E-state index is 9.01. The van der Waals surface area contributed by atoms with Gasteiger partial charge in [0, 0.05) is 30.9 Å². The third kappa shape index (κ3) is 3.24. The first-order chi connectivity index (χ1) is 12.3. The molecule has 0 aliphatic heterocycles. The Kier molecular flexibility index (Phi) is 4.86. The van der Waals surface area contributed by atoms with Gasteiger partial charge in [0.1, 0.15) is 0 Å². The molecule has 3 rings (SSSR count). The largest absolute Gasteiger partial charge is 0.378 e. The fourth-order valence-corrected chi connectivity index (χ4v) is 3.52. The van der Waals surface area contributed by atoms with Gasteiger partial charge in [-0.25, -0.2) is 0 Å². The van der Waals surface area contributed by atoms with Gasteiger partial charge in [-0.2, -0.15) is 0 Å². The van der Waals surface area contributed by atoms with E-state index in [1.54, 1.807) is 0 Å². The molecule has 2 aromatic rings. The number of hydrogen-bond donors (Lipinski definition) is 1. The average molecular weight is 345 g/mol. The predicted octanol–water partition coefficient (Wildman–Crippen LogP) is 5.83. The summed E-state index contributed by atoms with van der Waals surface area (Å²) in [5.41, 5.74) is 11.3. The van der Waals surface area contributed by atoms with Gasteiger partial charge in [-0.3, -0.25) is 5.41 Å². The number of nitrogens with zero attached hydrogens (tertiary/aromatic N) is 1. The summed E-state index contributed by atoms with van der Waals surface area (Å²) in [4.78, 5) is 2.10. The molecule has 0 amide bonds. The van der Waals surface area contributed by atoms with Gasteiger partial charge in [-0.1, -0.05) is 35.9 Å². The fourth-order valence-electron chi connectivity index (χ4n) is 3.52. The summed E-state index contributed by atoms with van der Waals surface area (Å²) < 4.78 is 0. The second-order valence-electron chi connectivity index (χ2n) is 7.50. The molecule has 1 N–H and O–H groups in total. The molecule has 0 heterocycles. The molecule has 0 bridgehead atoms. The number of nitrogens with one attached hydrogen (secondary N) is 1. The molecule has 2 heteroatoms. The van der Waals surface area contributed by atoms with Crippen LogP contribution in [0.4, 0.5) is 5.69 Å². The number of aryl methyl sites for hydroxylation is 1. The Hall–Kier alpha value is -2.61. The van der Waals surface area contributed by atoms with Crippen LogP contribution < -0.4 is 4.90 Å². The van der Waals surface area contributed by atoms with Gasteiger partial charge in [-0.15, -0.1) is 0 Å². The zero-order valence-corrected chi connectivity index (χ0v) is 16.7. The molecular weight excluding hydrogens is 316 g/mol. The van der Waals surface area contributed by atoms with Crippen LogP contribution >= 0.6 is 0 Å². The lowest BCUT2D eigenvalue weighted by atomic mass is 9.88. The van der Waals surface area contributed by atoms with Crippen molar-refractivity contribution in [2.24, 2.45) is 0 Å². The Morgan fingerprint density at radius 3 is 2.27 bits per heavy atom. The number of anilines is 1. The van der Waals surface area contributed by atoms with E-state index in [1.165, 1.54) is 33.4 Å². The Labute approximate surface area is 157 Å². The van der Waals surface area contributed by atoms with E-state index in [1.807, 2.05) is 14.1 Å². The van der Waals surface area contributed by atoms with Crippen LogP contribution in [-0.2, 0) is 0 Å². The van der Waals surface area contributed by atoms with Crippen molar-refractivity contribution in [1.29, 1.82) is 5.41 Å². The molecule has 0 saturated carbocycles. The molecule has 1 aliphatic rings. The maximum absolute atomic E-state index is 9.01. The van der Waals surface area contributed by atoms with Crippen LogP contribution in [-0.4, -0.2) is 19.8 Å². The molecule has 0 fully saturated rings. The number of rotatable bonds is 4. The maximum Gasteiger partial charge on any atom is 0.0694 e. The van der Waals surface area contributed by atoms with Crippen LogP contribution in [0.2, 0.25) is 0 Å². The summed E-state index contributed by atoms with van der Waals surface area (Å²) in [6.45, 7) is 8.54. The van der Waals surface area contributed by atoms with E-state index >= 15 is 0 Å². The normalized spacial score (nSPS) is 13.5. The molecule has 0 radical (unpaired) electrons. The first-order valence-electron chi connectivity index (χ1n) is 9.14. The van der Waals surface area contributed by atoms with E-state index < -0.39 is 0 Å². The minimum atomic E-state index is 0.606. The Morgan fingerprint density at radius 2 is 1.65 bits per heavy atom. The highest BCUT2D eigenvalue weighted by Gasteiger charge is 2.18. The minimum Gasteiger partial charge on any atom is -0.378 e. The molecular formula is C24H28N2. The topological polar surface area (TPSA) is 27.1 Å². The molecule has 2 aromatic carbocycles. The van der Waals surface area contributed by atoms with Crippen LogP contribution in [0, 0.1) is 26.2 Å². The van der Waals surface area contributed by atoms with E-state index in [2.05, 4.69) is 75.1 Å². The van der Waals surface area contributed by atoms with Crippen LogP contribution in [0.1, 0.15) is 46.7 Å². The Bertz CT molecular complexity index is 943. The predicted molar refractivity (Wildman–Crippen MR) is 114 cm³/mol. The molecule has 2 nitrogen and oxygen atoms in total. The van der Waals surface area contributed by atoms with Crippen LogP contribution in [0.15, 0.2) is 48.1 Å². The van der Waals surface area contributed by atoms with Crippen LogP contribution in [0.3, 0.4) is 0 Å². The second-order valence-corrected chi connectivity index (χ2v) is 7.50. The summed E-state index contributed by atoms with van der Waals surface area (Å²) in [6, 6.07) is 10.7. The van der Waals surface area contributed by atoms with Gasteiger partial charge in [0.25, 0.3) is 0 Å². The first kappa shape index (κ1) is 18.2. The summed E-state index contributed by atoms with van der Waals surface area (Å²) in [7, 11) is 4.09. The molecule has 1 aliphatic carbocycles. The highest BCUT2D eigenvalue weighted by atomic mass is 15.1. The summed E-state index contributed by atoms with van der Waals surface area (Å²) in [5, 5.41) is 9.01. The SMILES string of the molecule is CC1=CCC(c2ccc(N(C)C)cc2C(=N)c2ccc(C)c(C)c2C)=C1. The van der Waals surface area contributed by atoms with E-state index in [-0.39, 0.29) is 0 Å². The van der Waals surface area contributed by atoms with Crippen LogP contribution in [0.25, 0.3) is 5.57 Å². The highest BCUT2D eigenvalue weighted by Crippen LogP contribution is 2.33. The second kappa shape index (κ2) is 6.95. The smallest absolute Gasteiger partial charge is 0.0694 e. The number of hydrogen-bond acceptors (Lipinski definition) is 2. The van der Waals surface area contributed by atoms with Crippen molar-refractivity contribution in [3.63, 3.8) is 0 Å². The lowest BCUT2D eigenvalue weighted by Gasteiger charge is -2.19. The first-order valence-corrected chi connectivity index (χ1v) is 9.14. The van der Waals surface area contributed by atoms with Gasteiger partial charge in [0.05, 0.1) is 5.71 Å². The quantitative estimate of drug-likeness (QED) is 0.694. The average Bonchev–Trinajstić information content (AvgIpc) is 3.05. The van der Waals surface area contributed by atoms with E-state index in [0.29, 0.717) is 5.71 Å². The van der Waals surface area contributed by atoms with Gasteiger partial charge >= 0.3 is 0 Å². The zero-order chi connectivity index (χ0) is 19.0. The standard InChI is InChI=1S/C24H28N2/c1-15-7-9-19(13-15)22-12-10-20(26(5)6)14-23(22)24(25)21-11-8-16(2)17(3)18(21)4/h7-8,10-14,25H,9H2,1-6H3. The molecule has 134 valence electrons. The highest BCUT2D eigenvalue weighted by molar-refractivity contribution is 6.15. The zero-order valence-electron chi connectivity index (χ0n) is 16.7. The lowest BCUT2D eigenvalue weighted by molar-refractivity contribution is 1.13. The third-order valence-corrected chi connectivity index (χ3v) is 5.51. The van der Waals surface area contributed by atoms with Gasteiger partial charge in [0.15, 0.2) is 0 Å². The van der Waals surface area contributed by atoms with E-state index in [9.17, 15) is 0 Å². The molecule has 0 atom stereocenters. The van der Waals surface area contributed by atoms with Crippen molar-refractivity contribution in [3.8, 4) is 0 Å². The van der Waals surface area contributed by atoms with Gasteiger partial charge in [0.2, 0.25) is 0 Å². The third-order valence-electron chi connectivity index (χ3n) is 5.51. The molecule has 0 unspecified atom stereocenters. The number of allylic oxidation sites excluding steroid dienone is 4.